The number of anilines is 1. The van der Waals surface area contributed by atoms with E-state index < -0.39 is 0 Å². The first-order valence-electron chi connectivity index (χ1n) is 4.14. The minimum atomic E-state index is 0.781. The Morgan fingerprint density at radius 1 is 1.38 bits per heavy atom. The van der Waals surface area contributed by atoms with Gasteiger partial charge in [0.2, 0.25) is 0 Å². The predicted octanol–water partition coefficient (Wildman–Crippen LogP) is 1.65. The number of hydrogen-bond donors (Lipinski definition) is 1. The number of thiocarbonyl (C=S) groups is 1. The molecule has 0 saturated carbocycles. The summed E-state index contributed by atoms with van der Waals surface area (Å²) in [6, 6.07) is 8.14. The van der Waals surface area contributed by atoms with Gasteiger partial charge in [-0.15, -0.1) is 0 Å². The van der Waals surface area contributed by atoms with E-state index in [-0.39, 0.29) is 0 Å². The molecule has 70 valence electrons. The van der Waals surface area contributed by atoms with E-state index in [0.29, 0.717) is 0 Å². The van der Waals surface area contributed by atoms with Gasteiger partial charge in [-0.2, -0.15) is 0 Å². The molecule has 0 bridgehead atoms. The van der Waals surface area contributed by atoms with Crippen molar-refractivity contribution in [1.82, 2.24) is 5.32 Å². The van der Waals surface area contributed by atoms with Crippen LogP contribution in [0.2, 0.25) is 0 Å². The zero-order valence-corrected chi connectivity index (χ0v) is 8.98. The molecular weight excluding hydrogens is 180 g/mol. The van der Waals surface area contributed by atoms with Crippen LogP contribution >= 0.6 is 12.2 Å². The largest absolute Gasteiger partial charge is 0.379 e. The standard InChI is InChI=1S/C10H14N2S/c1-11-10(13)8-5-4-6-9(7-8)12(2)3/h4-7H,1-3H3,(H,11,13). The molecule has 0 spiro atoms. The Morgan fingerprint density at radius 2 is 2.08 bits per heavy atom. The zero-order valence-electron chi connectivity index (χ0n) is 8.16. The maximum absolute atomic E-state index is 5.14. The van der Waals surface area contributed by atoms with Crippen LogP contribution in [0.5, 0.6) is 0 Å². The molecule has 0 aliphatic heterocycles. The summed E-state index contributed by atoms with van der Waals surface area (Å²) in [5.74, 6) is 0. The Morgan fingerprint density at radius 3 is 2.62 bits per heavy atom. The second-order valence-electron chi connectivity index (χ2n) is 3.02. The summed E-state index contributed by atoms with van der Waals surface area (Å²) in [5.41, 5.74) is 2.22. The van der Waals surface area contributed by atoms with Crippen molar-refractivity contribution in [1.29, 1.82) is 0 Å². The molecule has 1 rings (SSSR count). The van der Waals surface area contributed by atoms with Crippen LogP contribution in [0.4, 0.5) is 5.69 Å². The van der Waals surface area contributed by atoms with Crippen LogP contribution in [0.25, 0.3) is 0 Å². The van der Waals surface area contributed by atoms with Gasteiger partial charge in [0.1, 0.15) is 4.99 Å². The van der Waals surface area contributed by atoms with E-state index in [1.807, 2.05) is 33.3 Å². The Hall–Kier alpha value is -1.09. The highest BCUT2D eigenvalue weighted by Crippen LogP contribution is 2.13. The van der Waals surface area contributed by atoms with Crippen molar-refractivity contribution in [3.05, 3.63) is 29.8 Å². The third-order valence-electron chi connectivity index (χ3n) is 1.85. The lowest BCUT2D eigenvalue weighted by Crippen LogP contribution is -2.17. The van der Waals surface area contributed by atoms with Gasteiger partial charge in [-0.05, 0) is 12.1 Å². The van der Waals surface area contributed by atoms with Crippen LogP contribution in [-0.4, -0.2) is 26.1 Å². The quantitative estimate of drug-likeness (QED) is 0.721. The van der Waals surface area contributed by atoms with E-state index in [1.165, 1.54) is 0 Å². The molecule has 0 aliphatic rings. The molecule has 1 N–H and O–H groups in total. The summed E-state index contributed by atoms with van der Waals surface area (Å²) >= 11 is 5.14. The second-order valence-corrected chi connectivity index (χ2v) is 3.43. The highest BCUT2D eigenvalue weighted by molar-refractivity contribution is 7.80. The molecule has 1 aromatic rings. The molecule has 1 aromatic carbocycles. The van der Waals surface area contributed by atoms with Crippen molar-refractivity contribution in [2.24, 2.45) is 0 Å². The van der Waals surface area contributed by atoms with Crippen LogP contribution in [0, 0.1) is 0 Å². The average Bonchev–Trinajstić information content (AvgIpc) is 2.17. The number of benzene rings is 1. The summed E-state index contributed by atoms with van der Waals surface area (Å²) in [5, 5.41) is 2.96. The number of hydrogen-bond acceptors (Lipinski definition) is 2. The van der Waals surface area contributed by atoms with E-state index in [2.05, 4.69) is 22.3 Å². The molecule has 0 aromatic heterocycles. The normalized spacial score (nSPS) is 9.46. The summed E-state index contributed by atoms with van der Waals surface area (Å²) in [6.45, 7) is 0. The van der Waals surface area contributed by atoms with Gasteiger partial charge in [-0.3, -0.25) is 0 Å². The van der Waals surface area contributed by atoms with E-state index in [4.69, 9.17) is 12.2 Å². The molecule has 0 radical (unpaired) electrons. The fourth-order valence-corrected chi connectivity index (χ4v) is 1.20. The van der Waals surface area contributed by atoms with Gasteiger partial charge in [0.05, 0.1) is 0 Å². The maximum atomic E-state index is 5.14. The van der Waals surface area contributed by atoms with Crippen molar-refractivity contribution < 1.29 is 0 Å². The summed E-state index contributed by atoms with van der Waals surface area (Å²) in [6.07, 6.45) is 0. The van der Waals surface area contributed by atoms with Gasteiger partial charge in [-0.1, -0.05) is 24.4 Å². The molecule has 0 unspecified atom stereocenters. The first-order chi connectivity index (χ1) is 6.15. The Kier molecular flexibility index (Phi) is 3.25. The van der Waals surface area contributed by atoms with Crippen LogP contribution in [-0.2, 0) is 0 Å². The third-order valence-corrected chi connectivity index (χ3v) is 2.29. The zero-order chi connectivity index (χ0) is 9.84. The van der Waals surface area contributed by atoms with Crippen LogP contribution in [0.1, 0.15) is 5.56 Å². The lowest BCUT2D eigenvalue weighted by atomic mass is 10.2. The predicted molar refractivity (Wildman–Crippen MR) is 61.5 cm³/mol. The van der Waals surface area contributed by atoms with Crippen molar-refractivity contribution >= 4 is 22.9 Å². The molecule has 3 heteroatoms. The fourth-order valence-electron chi connectivity index (χ4n) is 1.07. The molecule has 13 heavy (non-hydrogen) atoms. The van der Waals surface area contributed by atoms with Crippen LogP contribution in [0.3, 0.4) is 0 Å². The maximum Gasteiger partial charge on any atom is 0.106 e. The van der Waals surface area contributed by atoms with Crippen molar-refractivity contribution in [2.75, 3.05) is 26.0 Å². The molecule has 0 heterocycles. The SMILES string of the molecule is CNC(=S)c1cccc(N(C)C)c1. The van der Waals surface area contributed by atoms with E-state index in [9.17, 15) is 0 Å². The van der Waals surface area contributed by atoms with Crippen molar-refractivity contribution in [3.63, 3.8) is 0 Å². The van der Waals surface area contributed by atoms with Gasteiger partial charge in [0.25, 0.3) is 0 Å². The molecular formula is C10H14N2S. The smallest absolute Gasteiger partial charge is 0.106 e. The Balaban J connectivity index is 2.98. The summed E-state index contributed by atoms with van der Waals surface area (Å²) < 4.78 is 0. The first-order valence-corrected chi connectivity index (χ1v) is 4.55. The first kappa shape index (κ1) is 9.99. The lowest BCUT2D eigenvalue weighted by molar-refractivity contribution is 1.13. The lowest BCUT2D eigenvalue weighted by Gasteiger charge is -2.13. The minimum Gasteiger partial charge on any atom is -0.379 e. The van der Waals surface area contributed by atoms with Gasteiger partial charge >= 0.3 is 0 Å². The van der Waals surface area contributed by atoms with E-state index >= 15 is 0 Å². The fraction of sp³-hybridized carbons (Fsp3) is 0.300. The molecule has 0 amide bonds. The Labute approximate surface area is 84.6 Å². The minimum absolute atomic E-state index is 0.781. The van der Waals surface area contributed by atoms with E-state index in [1.54, 1.807) is 0 Å². The number of rotatable bonds is 2. The molecule has 0 fully saturated rings. The van der Waals surface area contributed by atoms with Gasteiger partial charge in [0, 0.05) is 32.4 Å². The molecule has 0 saturated heterocycles. The topological polar surface area (TPSA) is 15.3 Å². The second kappa shape index (κ2) is 4.23. The molecule has 0 aliphatic carbocycles. The number of nitrogens with one attached hydrogen (secondary N) is 1. The third kappa shape index (κ3) is 2.42. The van der Waals surface area contributed by atoms with Gasteiger partial charge < -0.3 is 10.2 Å². The van der Waals surface area contributed by atoms with Crippen LogP contribution < -0.4 is 10.2 Å². The Bertz CT molecular complexity index is 308. The monoisotopic (exact) mass is 194 g/mol. The van der Waals surface area contributed by atoms with Crippen molar-refractivity contribution in [3.8, 4) is 0 Å². The van der Waals surface area contributed by atoms with Gasteiger partial charge in [-0.25, -0.2) is 0 Å². The highest BCUT2D eigenvalue weighted by Gasteiger charge is 2.00. The number of nitrogens with zero attached hydrogens (tertiary/aromatic N) is 1. The highest BCUT2D eigenvalue weighted by atomic mass is 32.1. The van der Waals surface area contributed by atoms with Crippen LogP contribution in [0.15, 0.2) is 24.3 Å². The summed E-state index contributed by atoms with van der Waals surface area (Å²) in [4.78, 5) is 2.84. The van der Waals surface area contributed by atoms with E-state index in [0.717, 1.165) is 16.2 Å². The molecule has 0 atom stereocenters. The summed E-state index contributed by atoms with van der Waals surface area (Å²) in [7, 11) is 5.87. The average molecular weight is 194 g/mol. The van der Waals surface area contributed by atoms with Crippen molar-refractivity contribution in [2.45, 2.75) is 0 Å². The van der Waals surface area contributed by atoms with Gasteiger partial charge in [0.15, 0.2) is 0 Å². The molecule has 2 nitrogen and oxygen atoms in total.